The molecular formula is C21H22ClN3O2. The molecule has 27 heavy (non-hydrogen) atoms. The van der Waals surface area contributed by atoms with E-state index in [2.05, 4.69) is 22.0 Å². The van der Waals surface area contributed by atoms with Gasteiger partial charge in [0.05, 0.1) is 0 Å². The number of carboxylic acids is 1. The number of nitrogens with one attached hydrogen (secondary N) is 1. The second-order valence-electron chi connectivity index (χ2n) is 6.97. The normalized spacial score (nSPS) is 17.2. The van der Waals surface area contributed by atoms with Gasteiger partial charge in [-0.3, -0.25) is 14.6 Å². The number of hydrogen-bond acceptors (Lipinski definition) is 3. The minimum Gasteiger partial charge on any atom is -0.480 e. The summed E-state index contributed by atoms with van der Waals surface area (Å²) in [6, 6.07) is 15.2. The van der Waals surface area contributed by atoms with Crippen LogP contribution < -0.4 is 0 Å². The van der Waals surface area contributed by atoms with Gasteiger partial charge in [0, 0.05) is 60.4 Å². The van der Waals surface area contributed by atoms with Crippen molar-refractivity contribution in [2.24, 2.45) is 0 Å². The number of H-pyrrole nitrogens is 1. The molecule has 4 rings (SSSR count). The van der Waals surface area contributed by atoms with Crippen LogP contribution in [-0.2, 0) is 11.3 Å². The lowest BCUT2D eigenvalue weighted by Crippen LogP contribution is -2.48. The summed E-state index contributed by atoms with van der Waals surface area (Å²) in [4.78, 5) is 19.7. The zero-order valence-electron chi connectivity index (χ0n) is 14.9. The maximum atomic E-state index is 12.1. The van der Waals surface area contributed by atoms with Gasteiger partial charge in [0.1, 0.15) is 6.04 Å². The first-order valence-electron chi connectivity index (χ1n) is 9.11. The van der Waals surface area contributed by atoms with Crippen LogP contribution in [0.25, 0.3) is 10.9 Å². The van der Waals surface area contributed by atoms with Crippen molar-refractivity contribution in [3.63, 3.8) is 0 Å². The molecule has 1 unspecified atom stereocenters. The first kappa shape index (κ1) is 18.0. The molecule has 2 aromatic carbocycles. The van der Waals surface area contributed by atoms with Gasteiger partial charge in [-0.15, -0.1) is 0 Å². The monoisotopic (exact) mass is 383 g/mol. The first-order valence-corrected chi connectivity index (χ1v) is 9.49. The van der Waals surface area contributed by atoms with Gasteiger partial charge in [-0.05, 0) is 23.8 Å². The Kier molecular flexibility index (Phi) is 5.16. The molecule has 1 saturated heterocycles. The van der Waals surface area contributed by atoms with Gasteiger partial charge >= 0.3 is 5.97 Å². The van der Waals surface area contributed by atoms with Crippen molar-refractivity contribution in [2.45, 2.75) is 12.6 Å². The van der Waals surface area contributed by atoms with E-state index in [0.29, 0.717) is 5.02 Å². The summed E-state index contributed by atoms with van der Waals surface area (Å²) < 4.78 is 0. The van der Waals surface area contributed by atoms with Gasteiger partial charge in [0.2, 0.25) is 0 Å². The summed E-state index contributed by atoms with van der Waals surface area (Å²) in [6.07, 6.45) is 1.80. The van der Waals surface area contributed by atoms with Gasteiger partial charge in [-0.25, -0.2) is 0 Å². The Hall–Kier alpha value is -2.34. The summed E-state index contributed by atoms with van der Waals surface area (Å²) in [6.45, 7) is 4.03. The van der Waals surface area contributed by atoms with Crippen LogP contribution in [0.2, 0.25) is 5.02 Å². The van der Waals surface area contributed by atoms with Crippen molar-refractivity contribution in [1.29, 1.82) is 0 Å². The average Bonchev–Trinajstić information content (AvgIpc) is 3.07. The smallest absolute Gasteiger partial charge is 0.325 e. The lowest BCUT2D eigenvalue weighted by Gasteiger charge is -2.37. The predicted molar refractivity (Wildman–Crippen MR) is 107 cm³/mol. The number of piperazine rings is 1. The first-order chi connectivity index (χ1) is 13.1. The van der Waals surface area contributed by atoms with Gasteiger partial charge in [0.25, 0.3) is 0 Å². The molecule has 140 valence electrons. The number of halogens is 1. The molecule has 1 aliphatic heterocycles. The third kappa shape index (κ3) is 3.86. The van der Waals surface area contributed by atoms with Crippen LogP contribution in [0.3, 0.4) is 0 Å². The van der Waals surface area contributed by atoms with E-state index in [-0.39, 0.29) is 0 Å². The Morgan fingerprint density at radius 3 is 2.56 bits per heavy atom. The molecular weight excluding hydrogens is 362 g/mol. The van der Waals surface area contributed by atoms with E-state index < -0.39 is 12.0 Å². The second-order valence-corrected chi connectivity index (χ2v) is 7.41. The van der Waals surface area contributed by atoms with Gasteiger partial charge in [-0.2, -0.15) is 0 Å². The van der Waals surface area contributed by atoms with Crippen molar-refractivity contribution >= 4 is 28.5 Å². The molecule has 0 spiro atoms. The number of hydrogen-bond donors (Lipinski definition) is 2. The Morgan fingerprint density at radius 2 is 1.85 bits per heavy atom. The summed E-state index contributed by atoms with van der Waals surface area (Å²) in [5, 5.41) is 11.4. The summed E-state index contributed by atoms with van der Waals surface area (Å²) >= 11 is 6.13. The lowest BCUT2D eigenvalue weighted by atomic mass is 10.0. The highest BCUT2D eigenvalue weighted by Gasteiger charge is 2.32. The van der Waals surface area contributed by atoms with E-state index in [1.165, 1.54) is 5.56 Å². The Morgan fingerprint density at radius 1 is 1.11 bits per heavy atom. The maximum Gasteiger partial charge on any atom is 0.325 e. The minimum absolute atomic E-state index is 0.611. The van der Waals surface area contributed by atoms with E-state index in [9.17, 15) is 9.90 Å². The zero-order valence-corrected chi connectivity index (χ0v) is 15.7. The highest BCUT2D eigenvalue weighted by Crippen LogP contribution is 2.31. The van der Waals surface area contributed by atoms with Crippen molar-refractivity contribution in [1.82, 2.24) is 14.8 Å². The molecule has 0 amide bonds. The fourth-order valence-electron chi connectivity index (χ4n) is 3.85. The summed E-state index contributed by atoms with van der Waals surface area (Å²) in [5.74, 6) is -0.826. The van der Waals surface area contributed by atoms with Crippen molar-refractivity contribution in [2.75, 3.05) is 26.2 Å². The molecule has 5 nitrogen and oxygen atoms in total. The molecule has 1 atom stereocenters. The lowest BCUT2D eigenvalue weighted by molar-refractivity contribution is -0.144. The standard InChI is InChI=1S/C21H22ClN3O2/c22-16-6-7-19-17(12-16)18(13-23-19)20(21(26)27)25-10-8-24(9-11-25)14-15-4-2-1-3-5-15/h1-7,12-13,20,23H,8-11,14H2,(H,26,27). The molecule has 0 saturated carbocycles. The maximum absolute atomic E-state index is 12.1. The Labute approximate surface area is 163 Å². The third-order valence-corrected chi connectivity index (χ3v) is 5.46. The summed E-state index contributed by atoms with van der Waals surface area (Å²) in [7, 11) is 0. The molecule has 2 N–H and O–H groups in total. The van der Waals surface area contributed by atoms with Crippen LogP contribution in [0.4, 0.5) is 0 Å². The van der Waals surface area contributed by atoms with Gasteiger partial charge in [0.15, 0.2) is 0 Å². The molecule has 0 radical (unpaired) electrons. The fourth-order valence-corrected chi connectivity index (χ4v) is 4.02. The molecule has 3 aromatic rings. The average molecular weight is 384 g/mol. The number of aliphatic carboxylic acids is 1. The topological polar surface area (TPSA) is 59.6 Å². The van der Waals surface area contributed by atoms with Crippen LogP contribution in [-0.4, -0.2) is 52.0 Å². The summed E-state index contributed by atoms with van der Waals surface area (Å²) in [5.41, 5.74) is 2.96. The van der Waals surface area contributed by atoms with E-state index in [1.807, 2.05) is 41.3 Å². The Balaban J connectivity index is 1.50. The van der Waals surface area contributed by atoms with Crippen LogP contribution >= 0.6 is 11.6 Å². The molecule has 2 heterocycles. The fraction of sp³-hybridized carbons (Fsp3) is 0.286. The molecule has 0 aliphatic carbocycles. The van der Waals surface area contributed by atoms with Crippen molar-refractivity contribution in [3.05, 3.63) is 70.9 Å². The van der Waals surface area contributed by atoms with Crippen LogP contribution in [0.1, 0.15) is 17.2 Å². The van der Waals surface area contributed by atoms with E-state index in [4.69, 9.17) is 11.6 Å². The number of carboxylic acid groups (broad SMARTS) is 1. The number of benzene rings is 2. The van der Waals surface area contributed by atoms with Crippen molar-refractivity contribution < 1.29 is 9.90 Å². The molecule has 1 aliphatic rings. The molecule has 0 bridgehead atoms. The number of aromatic nitrogens is 1. The third-order valence-electron chi connectivity index (χ3n) is 5.23. The number of nitrogens with zero attached hydrogens (tertiary/aromatic N) is 2. The van der Waals surface area contributed by atoms with Crippen molar-refractivity contribution in [3.8, 4) is 0 Å². The molecule has 1 aromatic heterocycles. The molecule has 6 heteroatoms. The van der Waals surface area contributed by atoms with E-state index in [0.717, 1.165) is 49.2 Å². The van der Waals surface area contributed by atoms with Crippen LogP contribution in [0.15, 0.2) is 54.7 Å². The van der Waals surface area contributed by atoms with Crippen LogP contribution in [0, 0.1) is 0 Å². The second kappa shape index (κ2) is 7.72. The van der Waals surface area contributed by atoms with E-state index in [1.54, 1.807) is 6.20 Å². The number of carbonyl (C=O) groups is 1. The minimum atomic E-state index is -0.826. The SMILES string of the molecule is O=C(O)C(c1c[nH]c2ccc(Cl)cc12)N1CCN(Cc2ccccc2)CC1. The van der Waals surface area contributed by atoms with Crippen LogP contribution in [0.5, 0.6) is 0 Å². The highest BCUT2D eigenvalue weighted by molar-refractivity contribution is 6.31. The quantitative estimate of drug-likeness (QED) is 0.704. The highest BCUT2D eigenvalue weighted by atomic mass is 35.5. The number of rotatable bonds is 5. The van der Waals surface area contributed by atoms with Gasteiger partial charge < -0.3 is 10.1 Å². The largest absolute Gasteiger partial charge is 0.480 e. The van der Waals surface area contributed by atoms with E-state index >= 15 is 0 Å². The zero-order chi connectivity index (χ0) is 18.8. The Bertz CT molecular complexity index is 933. The predicted octanol–water partition coefficient (Wildman–Crippen LogP) is 3.76. The van der Waals surface area contributed by atoms with Gasteiger partial charge in [-0.1, -0.05) is 41.9 Å². The molecule has 1 fully saturated rings. The number of fused-ring (bicyclic) bond motifs is 1. The number of aromatic amines is 1.